The first-order chi connectivity index (χ1) is 15.6. The predicted molar refractivity (Wildman–Crippen MR) is 130 cm³/mol. The largest absolute Gasteiger partial charge is 0.494 e. The second kappa shape index (κ2) is 11.7. The Balaban J connectivity index is 2.34. The van der Waals surface area contributed by atoms with Gasteiger partial charge in [-0.1, -0.05) is 29.8 Å². The molecular weight excluding hydrogens is 442 g/mol. The maximum atomic E-state index is 13.4. The van der Waals surface area contributed by atoms with Crippen molar-refractivity contribution in [3.8, 4) is 5.75 Å². The van der Waals surface area contributed by atoms with Crippen LogP contribution in [0.1, 0.15) is 31.9 Å². The summed E-state index contributed by atoms with van der Waals surface area (Å²) in [6.45, 7) is 7.92. The number of likely N-dealkylation sites (N-methyl/N-ethyl adjacent to an activating group) is 1. The molecular formula is C24H33N3O5S. The zero-order valence-electron chi connectivity index (χ0n) is 19.9. The van der Waals surface area contributed by atoms with Gasteiger partial charge in [0.25, 0.3) is 0 Å². The maximum absolute atomic E-state index is 13.4. The third-order valence-corrected chi connectivity index (χ3v) is 6.25. The normalized spacial score (nSPS) is 12.0. The van der Waals surface area contributed by atoms with Crippen molar-refractivity contribution < 1.29 is 22.7 Å². The van der Waals surface area contributed by atoms with Crippen LogP contribution in [0.2, 0.25) is 0 Å². The summed E-state index contributed by atoms with van der Waals surface area (Å²) in [7, 11) is -3.76. The van der Waals surface area contributed by atoms with Crippen LogP contribution < -0.4 is 14.4 Å². The van der Waals surface area contributed by atoms with Crippen LogP contribution in [0.5, 0.6) is 5.75 Å². The van der Waals surface area contributed by atoms with E-state index in [9.17, 15) is 18.0 Å². The molecule has 8 nitrogen and oxygen atoms in total. The molecule has 2 rings (SSSR count). The summed E-state index contributed by atoms with van der Waals surface area (Å²) in [6.07, 6.45) is 1.05. The van der Waals surface area contributed by atoms with Crippen molar-refractivity contribution in [2.75, 3.05) is 30.3 Å². The van der Waals surface area contributed by atoms with Crippen LogP contribution in [0, 0.1) is 6.92 Å². The highest BCUT2D eigenvalue weighted by Gasteiger charge is 2.29. The summed E-state index contributed by atoms with van der Waals surface area (Å²) < 4.78 is 31.5. The lowest BCUT2D eigenvalue weighted by atomic mass is 10.1. The molecule has 0 saturated heterocycles. The molecule has 2 aromatic carbocycles. The molecule has 0 aliphatic heterocycles. The van der Waals surface area contributed by atoms with Gasteiger partial charge in [0.2, 0.25) is 21.8 Å². The molecule has 0 heterocycles. The van der Waals surface area contributed by atoms with Crippen LogP contribution >= 0.6 is 0 Å². The topological polar surface area (TPSA) is 96.0 Å². The van der Waals surface area contributed by atoms with E-state index >= 15 is 0 Å². The summed E-state index contributed by atoms with van der Waals surface area (Å²) in [5, 5.41) is 2.73. The van der Waals surface area contributed by atoms with E-state index in [0.29, 0.717) is 24.6 Å². The standard InChI is InChI=1S/C24H33N3O5S/c1-6-25-24(29)19(4)26(16-20-10-8-18(3)9-11-20)23(28)17-27(33(5,30)31)21-12-14-22(15-13-21)32-7-2/h8-15,19H,6-7,16-17H2,1-5H3,(H,25,29). The predicted octanol–water partition coefficient (Wildman–Crippen LogP) is 2.71. The number of aryl methyl sites for hydroxylation is 1. The van der Waals surface area contributed by atoms with Gasteiger partial charge in [-0.2, -0.15) is 0 Å². The van der Waals surface area contributed by atoms with Gasteiger partial charge in [0.05, 0.1) is 18.6 Å². The number of carbonyl (C=O) groups excluding carboxylic acids is 2. The first-order valence-corrected chi connectivity index (χ1v) is 12.7. The van der Waals surface area contributed by atoms with Crippen LogP contribution in [-0.2, 0) is 26.2 Å². The highest BCUT2D eigenvalue weighted by molar-refractivity contribution is 7.92. The fraction of sp³-hybridized carbons (Fsp3) is 0.417. The SMILES string of the molecule is CCNC(=O)C(C)N(Cc1ccc(C)cc1)C(=O)CN(c1ccc(OCC)cc1)S(C)(=O)=O. The minimum absolute atomic E-state index is 0.179. The lowest BCUT2D eigenvalue weighted by Crippen LogP contribution is -2.51. The molecule has 180 valence electrons. The molecule has 0 fully saturated rings. The Labute approximate surface area is 196 Å². The number of ether oxygens (including phenoxy) is 1. The number of carbonyl (C=O) groups is 2. The number of sulfonamides is 1. The average Bonchev–Trinajstić information content (AvgIpc) is 2.76. The van der Waals surface area contributed by atoms with Crippen molar-refractivity contribution in [3.05, 3.63) is 59.7 Å². The van der Waals surface area contributed by atoms with Crippen LogP contribution in [-0.4, -0.2) is 57.1 Å². The second-order valence-corrected chi connectivity index (χ2v) is 9.68. The van der Waals surface area contributed by atoms with Crippen molar-refractivity contribution in [2.24, 2.45) is 0 Å². The van der Waals surface area contributed by atoms with Crippen LogP contribution in [0.4, 0.5) is 5.69 Å². The Kier molecular flexibility index (Phi) is 9.28. The molecule has 0 aromatic heterocycles. The summed E-state index contributed by atoms with van der Waals surface area (Å²) in [5.74, 6) is -0.176. The maximum Gasteiger partial charge on any atom is 0.244 e. The monoisotopic (exact) mass is 475 g/mol. The molecule has 0 saturated carbocycles. The molecule has 0 aliphatic carbocycles. The van der Waals surface area contributed by atoms with Crippen molar-refractivity contribution in [2.45, 2.75) is 40.3 Å². The van der Waals surface area contributed by atoms with Crippen LogP contribution in [0.15, 0.2) is 48.5 Å². The average molecular weight is 476 g/mol. The Morgan fingerprint density at radius 1 is 1.03 bits per heavy atom. The van der Waals surface area contributed by atoms with E-state index in [2.05, 4.69) is 5.32 Å². The van der Waals surface area contributed by atoms with Gasteiger partial charge in [0.15, 0.2) is 0 Å². The van der Waals surface area contributed by atoms with Gasteiger partial charge in [-0.3, -0.25) is 13.9 Å². The van der Waals surface area contributed by atoms with Crippen LogP contribution in [0.25, 0.3) is 0 Å². The quantitative estimate of drug-likeness (QED) is 0.539. The first kappa shape index (κ1) is 26.2. The van der Waals surface area contributed by atoms with Crippen LogP contribution in [0.3, 0.4) is 0 Å². The first-order valence-electron chi connectivity index (χ1n) is 10.9. The zero-order valence-corrected chi connectivity index (χ0v) is 20.7. The van der Waals surface area contributed by atoms with E-state index in [0.717, 1.165) is 21.7 Å². The minimum Gasteiger partial charge on any atom is -0.494 e. The molecule has 1 N–H and O–H groups in total. The van der Waals surface area contributed by atoms with Gasteiger partial charge in [-0.05, 0) is 57.5 Å². The number of amides is 2. The number of rotatable bonds is 11. The number of anilines is 1. The smallest absolute Gasteiger partial charge is 0.244 e. The van der Waals surface area contributed by atoms with E-state index in [4.69, 9.17) is 4.74 Å². The van der Waals surface area contributed by atoms with E-state index in [1.807, 2.05) is 38.1 Å². The molecule has 1 atom stereocenters. The van der Waals surface area contributed by atoms with E-state index in [1.54, 1.807) is 38.1 Å². The van der Waals surface area contributed by atoms with Crippen molar-refractivity contribution in [3.63, 3.8) is 0 Å². The molecule has 1 unspecified atom stereocenters. The van der Waals surface area contributed by atoms with E-state index in [1.165, 1.54) is 4.90 Å². The Morgan fingerprint density at radius 2 is 1.64 bits per heavy atom. The number of benzene rings is 2. The van der Waals surface area contributed by atoms with Crippen molar-refractivity contribution in [1.29, 1.82) is 0 Å². The molecule has 2 amide bonds. The van der Waals surface area contributed by atoms with Gasteiger partial charge in [-0.15, -0.1) is 0 Å². The minimum atomic E-state index is -3.76. The van der Waals surface area contributed by atoms with Crippen molar-refractivity contribution in [1.82, 2.24) is 10.2 Å². The molecule has 0 spiro atoms. The van der Waals surface area contributed by atoms with Gasteiger partial charge >= 0.3 is 0 Å². The summed E-state index contributed by atoms with van der Waals surface area (Å²) in [5.41, 5.74) is 2.26. The second-order valence-electron chi connectivity index (χ2n) is 7.77. The molecule has 33 heavy (non-hydrogen) atoms. The highest BCUT2D eigenvalue weighted by atomic mass is 32.2. The zero-order chi connectivity index (χ0) is 24.6. The summed E-state index contributed by atoms with van der Waals surface area (Å²) >= 11 is 0. The van der Waals surface area contributed by atoms with Gasteiger partial charge < -0.3 is 15.0 Å². The van der Waals surface area contributed by atoms with Crippen molar-refractivity contribution >= 4 is 27.5 Å². The molecule has 2 aromatic rings. The lowest BCUT2D eigenvalue weighted by Gasteiger charge is -2.31. The van der Waals surface area contributed by atoms with E-state index in [-0.39, 0.29) is 12.5 Å². The molecule has 0 aliphatic rings. The lowest BCUT2D eigenvalue weighted by molar-refractivity contribution is -0.139. The Hall–Kier alpha value is -3.07. The number of nitrogens with zero attached hydrogens (tertiary/aromatic N) is 2. The van der Waals surface area contributed by atoms with E-state index < -0.39 is 28.5 Å². The van der Waals surface area contributed by atoms with Gasteiger partial charge in [0, 0.05) is 13.1 Å². The number of hydrogen-bond acceptors (Lipinski definition) is 5. The summed E-state index contributed by atoms with van der Waals surface area (Å²) in [4.78, 5) is 27.3. The van der Waals surface area contributed by atoms with Gasteiger partial charge in [-0.25, -0.2) is 8.42 Å². The highest BCUT2D eigenvalue weighted by Crippen LogP contribution is 2.22. The molecule has 0 bridgehead atoms. The Bertz CT molecular complexity index is 1040. The number of hydrogen-bond donors (Lipinski definition) is 1. The molecule has 0 radical (unpaired) electrons. The number of nitrogens with one attached hydrogen (secondary N) is 1. The fourth-order valence-corrected chi connectivity index (χ4v) is 4.13. The van der Waals surface area contributed by atoms with Gasteiger partial charge in [0.1, 0.15) is 18.3 Å². The fourth-order valence-electron chi connectivity index (χ4n) is 3.28. The third-order valence-electron chi connectivity index (χ3n) is 5.11. The Morgan fingerprint density at radius 3 is 2.15 bits per heavy atom. The third kappa shape index (κ3) is 7.49. The summed E-state index contributed by atoms with van der Waals surface area (Å²) in [6, 6.07) is 13.4. The molecule has 9 heteroatoms.